The molecular formula is C16H23NO2. The molecule has 104 valence electrons. The van der Waals surface area contributed by atoms with Crippen molar-refractivity contribution in [2.45, 2.75) is 45.6 Å². The van der Waals surface area contributed by atoms with Crippen LogP contribution in [0.2, 0.25) is 0 Å². The van der Waals surface area contributed by atoms with Gasteiger partial charge in [-0.2, -0.15) is 0 Å². The van der Waals surface area contributed by atoms with Crippen molar-refractivity contribution in [3.63, 3.8) is 0 Å². The van der Waals surface area contributed by atoms with E-state index in [2.05, 4.69) is 37.9 Å². The van der Waals surface area contributed by atoms with Crippen molar-refractivity contribution in [3.8, 4) is 5.75 Å². The Bertz CT molecular complexity index is 472. The highest BCUT2D eigenvalue weighted by molar-refractivity contribution is 5.79. The van der Waals surface area contributed by atoms with E-state index < -0.39 is 0 Å². The van der Waals surface area contributed by atoms with Gasteiger partial charge in [0.2, 0.25) is 0 Å². The van der Waals surface area contributed by atoms with E-state index in [1.165, 1.54) is 5.56 Å². The molecule has 0 amide bonds. The number of Topliss-reactive ketones (excluding diaryl/α,β-unsaturated/α-hetero) is 1. The Kier molecular flexibility index (Phi) is 4.13. The molecule has 0 N–H and O–H groups in total. The molecule has 1 aliphatic rings. The minimum Gasteiger partial charge on any atom is -0.494 e. The van der Waals surface area contributed by atoms with Crippen LogP contribution in [0.5, 0.6) is 5.75 Å². The molecule has 1 aliphatic carbocycles. The van der Waals surface area contributed by atoms with Crippen LogP contribution in [0.4, 0.5) is 5.69 Å². The maximum Gasteiger partial charge on any atom is 0.145 e. The third-order valence-electron chi connectivity index (χ3n) is 4.04. The van der Waals surface area contributed by atoms with Gasteiger partial charge in [0.25, 0.3) is 0 Å². The Balaban J connectivity index is 2.27. The molecule has 0 radical (unpaired) electrons. The fourth-order valence-corrected chi connectivity index (χ4v) is 2.97. The Morgan fingerprint density at radius 3 is 2.42 bits per heavy atom. The van der Waals surface area contributed by atoms with Crippen LogP contribution in [0.15, 0.2) is 12.1 Å². The predicted octanol–water partition coefficient (Wildman–Crippen LogP) is 3.26. The third-order valence-corrected chi connectivity index (χ3v) is 4.04. The fourth-order valence-electron chi connectivity index (χ4n) is 2.97. The lowest BCUT2D eigenvalue weighted by molar-refractivity contribution is -0.120. The minimum atomic E-state index is 0.400. The first-order chi connectivity index (χ1) is 9.02. The standard InChI is InChI=1S/C16H23NO2/c1-11-9-12(2)16(19-4)15(10-11)17(3)13-5-7-14(18)8-6-13/h9-10,13H,5-8H2,1-4H3. The topological polar surface area (TPSA) is 29.5 Å². The number of aryl methyl sites for hydroxylation is 2. The lowest BCUT2D eigenvalue weighted by Gasteiger charge is -2.34. The second-order valence-corrected chi connectivity index (χ2v) is 5.51. The highest BCUT2D eigenvalue weighted by atomic mass is 16.5. The largest absolute Gasteiger partial charge is 0.494 e. The van der Waals surface area contributed by atoms with E-state index in [1.54, 1.807) is 7.11 Å². The van der Waals surface area contributed by atoms with Crippen molar-refractivity contribution in [2.75, 3.05) is 19.1 Å². The highest BCUT2D eigenvalue weighted by Gasteiger charge is 2.24. The van der Waals surface area contributed by atoms with E-state index >= 15 is 0 Å². The van der Waals surface area contributed by atoms with Gasteiger partial charge >= 0.3 is 0 Å². The molecule has 0 unspecified atom stereocenters. The van der Waals surface area contributed by atoms with Gasteiger partial charge in [-0.3, -0.25) is 4.79 Å². The molecule has 1 aromatic carbocycles. The molecule has 2 rings (SSSR count). The Morgan fingerprint density at radius 1 is 1.21 bits per heavy atom. The lowest BCUT2D eigenvalue weighted by Crippen LogP contribution is -2.35. The summed E-state index contributed by atoms with van der Waals surface area (Å²) in [5, 5.41) is 0. The number of hydrogen-bond acceptors (Lipinski definition) is 3. The van der Waals surface area contributed by atoms with Gasteiger partial charge in [-0.05, 0) is 43.9 Å². The van der Waals surface area contributed by atoms with Gasteiger partial charge in [0.05, 0.1) is 12.8 Å². The molecule has 0 aliphatic heterocycles. The number of methoxy groups -OCH3 is 1. The first-order valence-corrected chi connectivity index (χ1v) is 6.92. The predicted molar refractivity (Wildman–Crippen MR) is 78.1 cm³/mol. The zero-order chi connectivity index (χ0) is 14.0. The molecule has 0 atom stereocenters. The van der Waals surface area contributed by atoms with Gasteiger partial charge in [0.15, 0.2) is 0 Å². The summed E-state index contributed by atoms with van der Waals surface area (Å²) in [5.41, 5.74) is 3.54. The Hall–Kier alpha value is -1.51. The van der Waals surface area contributed by atoms with Crippen molar-refractivity contribution in [1.29, 1.82) is 0 Å². The number of carbonyl (C=O) groups is 1. The third kappa shape index (κ3) is 2.91. The SMILES string of the molecule is COc1c(C)cc(C)cc1N(C)C1CCC(=O)CC1. The average Bonchev–Trinajstić information content (AvgIpc) is 2.38. The first kappa shape index (κ1) is 13.9. The molecule has 3 heteroatoms. The molecule has 0 aromatic heterocycles. The summed E-state index contributed by atoms with van der Waals surface area (Å²) < 4.78 is 5.56. The zero-order valence-electron chi connectivity index (χ0n) is 12.3. The van der Waals surface area contributed by atoms with Crippen LogP contribution >= 0.6 is 0 Å². The molecule has 1 fully saturated rings. The quantitative estimate of drug-likeness (QED) is 0.836. The summed E-state index contributed by atoms with van der Waals surface area (Å²) >= 11 is 0. The minimum absolute atomic E-state index is 0.400. The number of benzene rings is 1. The number of ketones is 1. The van der Waals surface area contributed by atoms with Crippen LogP contribution in [-0.2, 0) is 4.79 Å². The number of hydrogen-bond donors (Lipinski definition) is 0. The summed E-state index contributed by atoms with van der Waals surface area (Å²) in [7, 11) is 3.83. The highest BCUT2D eigenvalue weighted by Crippen LogP contribution is 2.35. The van der Waals surface area contributed by atoms with Crippen LogP contribution in [0.25, 0.3) is 0 Å². The van der Waals surface area contributed by atoms with Gasteiger partial charge in [-0.15, -0.1) is 0 Å². The number of carbonyl (C=O) groups excluding carboxylic acids is 1. The van der Waals surface area contributed by atoms with E-state index in [0.717, 1.165) is 29.8 Å². The molecule has 0 spiro atoms. The summed E-state index contributed by atoms with van der Waals surface area (Å²) in [6, 6.07) is 4.75. The van der Waals surface area contributed by atoms with Crippen molar-refractivity contribution < 1.29 is 9.53 Å². The maximum absolute atomic E-state index is 11.4. The molecule has 19 heavy (non-hydrogen) atoms. The van der Waals surface area contributed by atoms with Crippen LogP contribution in [0.1, 0.15) is 36.8 Å². The molecule has 3 nitrogen and oxygen atoms in total. The molecule has 1 aromatic rings. The second kappa shape index (κ2) is 5.64. The van der Waals surface area contributed by atoms with E-state index in [0.29, 0.717) is 24.7 Å². The van der Waals surface area contributed by atoms with Gasteiger partial charge in [-0.1, -0.05) is 6.07 Å². The Morgan fingerprint density at radius 2 is 1.84 bits per heavy atom. The van der Waals surface area contributed by atoms with Gasteiger partial charge < -0.3 is 9.64 Å². The van der Waals surface area contributed by atoms with Crippen molar-refractivity contribution in [3.05, 3.63) is 23.3 Å². The lowest BCUT2D eigenvalue weighted by atomic mass is 9.93. The fraction of sp³-hybridized carbons (Fsp3) is 0.562. The normalized spacial score (nSPS) is 16.5. The van der Waals surface area contributed by atoms with Crippen LogP contribution < -0.4 is 9.64 Å². The number of rotatable bonds is 3. The van der Waals surface area contributed by atoms with Crippen LogP contribution in [0, 0.1) is 13.8 Å². The van der Waals surface area contributed by atoms with E-state index in [1.807, 2.05) is 0 Å². The van der Waals surface area contributed by atoms with Gasteiger partial charge in [0.1, 0.15) is 11.5 Å². The zero-order valence-corrected chi connectivity index (χ0v) is 12.3. The van der Waals surface area contributed by atoms with E-state index in [-0.39, 0.29) is 0 Å². The van der Waals surface area contributed by atoms with Gasteiger partial charge in [0, 0.05) is 25.9 Å². The van der Waals surface area contributed by atoms with Crippen LogP contribution in [-0.4, -0.2) is 26.0 Å². The molecule has 0 saturated heterocycles. The summed E-state index contributed by atoms with van der Waals surface area (Å²) in [5.74, 6) is 1.35. The summed E-state index contributed by atoms with van der Waals surface area (Å²) in [6.07, 6.45) is 3.32. The Labute approximate surface area is 115 Å². The number of ether oxygens (including phenoxy) is 1. The summed E-state index contributed by atoms with van der Waals surface area (Å²) in [6.45, 7) is 4.18. The first-order valence-electron chi connectivity index (χ1n) is 6.92. The number of anilines is 1. The van der Waals surface area contributed by atoms with E-state index in [4.69, 9.17) is 4.74 Å². The van der Waals surface area contributed by atoms with E-state index in [9.17, 15) is 4.79 Å². The molecular weight excluding hydrogens is 238 g/mol. The molecule has 0 heterocycles. The molecule has 0 bridgehead atoms. The smallest absolute Gasteiger partial charge is 0.145 e. The maximum atomic E-state index is 11.4. The molecule has 1 saturated carbocycles. The summed E-state index contributed by atoms with van der Waals surface area (Å²) in [4.78, 5) is 13.6. The van der Waals surface area contributed by atoms with Crippen molar-refractivity contribution >= 4 is 11.5 Å². The van der Waals surface area contributed by atoms with Gasteiger partial charge in [-0.25, -0.2) is 0 Å². The monoisotopic (exact) mass is 261 g/mol. The number of nitrogens with zero attached hydrogens (tertiary/aromatic N) is 1. The average molecular weight is 261 g/mol. The second-order valence-electron chi connectivity index (χ2n) is 5.51. The van der Waals surface area contributed by atoms with Crippen LogP contribution in [0.3, 0.4) is 0 Å². The van der Waals surface area contributed by atoms with Crippen molar-refractivity contribution in [1.82, 2.24) is 0 Å². The van der Waals surface area contributed by atoms with Crippen molar-refractivity contribution in [2.24, 2.45) is 0 Å².